The molecular weight excluding hydrogens is 336 g/mol. The molecule has 1 amide bonds. The van der Waals surface area contributed by atoms with E-state index in [1.165, 1.54) is 4.88 Å². The van der Waals surface area contributed by atoms with Gasteiger partial charge in [-0.1, -0.05) is 0 Å². The lowest BCUT2D eigenvalue weighted by atomic mass is 9.92. The molecule has 1 aliphatic rings. The zero-order chi connectivity index (χ0) is 12.3. The van der Waals surface area contributed by atoms with Crippen LogP contribution in [0, 0.1) is 5.92 Å². The van der Waals surface area contributed by atoms with Gasteiger partial charge < -0.3 is 10.6 Å². The van der Waals surface area contributed by atoms with Crippen LogP contribution in [0.1, 0.15) is 24.6 Å². The number of thiophene rings is 1. The van der Waals surface area contributed by atoms with Gasteiger partial charge in [-0.3, -0.25) is 4.79 Å². The number of halogens is 2. The van der Waals surface area contributed by atoms with Gasteiger partial charge in [0.25, 0.3) is 0 Å². The SMILES string of the molecule is C[C@H]1C[C@@H](C(=O)NCc2cc(Br)cs2)CCN1.Cl. The molecule has 3 nitrogen and oxygen atoms in total. The summed E-state index contributed by atoms with van der Waals surface area (Å²) < 4.78 is 1.09. The van der Waals surface area contributed by atoms with Crippen molar-refractivity contribution in [2.45, 2.75) is 32.4 Å². The first-order valence-electron chi connectivity index (χ1n) is 5.89. The summed E-state index contributed by atoms with van der Waals surface area (Å²) in [7, 11) is 0. The van der Waals surface area contributed by atoms with E-state index < -0.39 is 0 Å². The molecule has 0 aromatic carbocycles. The Morgan fingerprint density at radius 1 is 1.67 bits per heavy atom. The number of carbonyl (C=O) groups excluding carboxylic acids is 1. The molecule has 2 N–H and O–H groups in total. The monoisotopic (exact) mass is 352 g/mol. The van der Waals surface area contributed by atoms with Gasteiger partial charge in [0.15, 0.2) is 0 Å². The Kier molecular flexibility index (Phi) is 6.63. The Labute approximate surface area is 126 Å². The van der Waals surface area contributed by atoms with Gasteiger partial charge in [-0.25, -0.2) is 0 Å². The molecule has 18 heavy (non-hydrogen) atoms. The molecule has 1 aliphatic heterocycles. The molecule has 6 heteroatoms. The highest BCUT2D eigenvalue weighted by Crippen LogP contribution is 2.20. The molecule has 0 unspecified atom stereocenters. The van der Waals surface area contributed by atoms with Gasteiger partial charge in [-0.05, 0) is 48.3 Å². The fourth-order valence-electron chi connectivity index (χ4n) is 2.14. The van der Waals surface area contributed by atoms with Crippen LogP contribution < -0.4 is 10.6 Å². The van der Waals surface area contributed by atoms with E-state index in [-0.39, 0.29) is 24.2 Å². The van der Waals surface area contributed by atoms with Gasteiger partial charge in [-0.15, -0.1) is 23.7 Å². The van der Waals surface area contributed by atoms with Crippen molar-refractivity contribution in [1.29, 1.82) is 0 Å². The second-order valence-corrected chi connectivity index (χ2v) is 6.44. The lowest BCUT2D eigenvalue weighted by molar-refractivity contribution is -0.126. The summed E-state index contributed by atoms with van der Waals surface area (Å²) in [5, 5.41) is 8.42. The fourth-order valence-corrected chi connectivity index (χ4v) is 3.53. The van der Waals surface area contributed by atoms with E-state index in [2.05, 4.69) is 39.6 Å². The predicted molar refractivity (Wildman–Crippen MR) is 81.3 cm³/mol. The highest BCUT2D eigenvalue weighted by molar-refractivity contribution is 9.10. The Morgan fingerprint density at radius 2 is 2.44 bits per heavy atom. The lowest BCUT2D eigenvalue weighted by Gasteiger charge is -2.27. The summed E-state index contributed by atoms with van der Waals surface area (Å²) in [6, 6.07) is 2.51. The van der Waals surface area contributed by atoms with E-state index in [4.69, 9.17) is 0 Å². The van der Waals surface area contributed by atoms with Crippen molar-refractivity contribution in [3.05, 3.63) is 20.8 Å². The van der Waals surface area contributed by atoms with Crippen LogP contribution in [0.25, 0.3) is 0 Å². The minimum absolute atomic E-state index is 0. The fraction of sp³-hybridized carbons (Fsp3) is 0.583. The first-order chi connectivity index (χ1) is 8.15. The van der Waals surface area contributed by atoms with Crippen LogP contribution in [-0.4, -0.2) is 18.5 Å². The van der Waals surface area contributed by atoms with Crippen LogP contribution in [-0.2, 0) is 11.3 Å². The van der Waals surface area contributed by atoms with Gasteiger partial charge in [0.2, 0.25) is 5.91 Å². The van der Waals surface area contributed by atoms with Gasteiger partial charge in [0.1, 0.15) is 0 Å². The molecule has 2 rings (SSSR count). The summed E-state index contributed by atoms with van der Waals surface area (Å²) in [6.07, 6.45) is 1.89. The maximum absolute atomic E-state index is 12.0. The molecule has 1 fully saturated rings. The highest BCUT2D eigenvalue weighted by atomic mass is 79.9. The number of amides is 1. The molecule has 102 valence electrons. The zero-order valence-electron chi connectivity index (χ0n) is 10.2. The molecule has 2 atom stereocenters. The minimum atomic E-state index is 0. The number of hydrogen-bond acceptors (Lipinski definition) is 3. The number of piperidine rings is 1. The number of rotatable bonds is 3. The average Bonchev–Trinajstić information content (AvgIpc) is 2.72. The van der Waals surface area contributed by atoms with Crippen LogP contribution in [0.4, 0.5) is 0 Å². The zero-order valence-corrected chi connectivity index (χ0v) is 13.5. The Hall–Kier alpha value is -0.100. The summed E-state index contributed by atoms with van der Waals surface area (Å²) in [5.41, 5.74) is 0. The van der Waals surface area contributed by atoms with E-state index in [9.17, 15) is 4.79 Å². The number of nitrogens with one attached hydrogen (secondary N) is 2. The molecule has 1 aromatic heterocycles. The molecular formula is C12H18BrClN2OS. The molecule has 0 aliphatic carbocycles. The maximum atomic E-state index is 12.0. The van der Waals surface area contributed by atoms with Crippen LogP contribution in [0.3, 0.4) is 0 Å². The topological polar surface area (TPSA) is 41.1 Å². The standard InChI is InChI=1S/C12H17BrN2OS.ClH/c1-8-4-9(2-3-14-8)12(16)15-6-11-5-10(13)7-17-11;/h5,7-9,14H,2-4,6H2,1H3,(H,15,16);1H/t8-,9-;/m0./s1. The smallest absolute Gasteiger partial charge is 0.223 e. The number of hydrogen-bond donors (Lipinski definition) is 2. The first-order valence-corrected chi connectivity index (χ1v) is 7.56. The molecule has 0 radical (unpaired) electrons. The van der Waals surface area contributed by atoms with Gasteiger partial charge in [-0.2, -0.15) is 0 Å². The third kappa shape index (κ3) is 4.53. The van der Waals surface area contributed by atoms with Crippen molar-refractivity contribution in [3.63, 3.8) is 0 Å². The van der Waals surface area contributed by atoms with Crippen molar-refractivity contribution in [2.24, 2.45) is 5.92 Å². The maximum Gasteiger partial charge on any atom is 0.223 e. The second kappa shape index (κ2) is 7.48. The first kappa shape index (κ1) is 16.0. The third-order valence-corrected chi connectivity index (χ3v) is 4.75. The quantitative estimate of drug-likeness (QED) is 0.877. The molecule has 0 bridgehead atoms. The summed E-state index contributed by atoms with van der Waals surface area (Å²) in [4.78, 5) is 13.2. The third-order valence-electron chi connectivity index (χ3n) is 3.05. The summed E-state index contributed by atoms with van der Waals surface area (Å²) >= 11 is 5.08. The van der Waals surface area contributed by atoms with Crippen LogP contribution >= 0.6 is 39.7 Å². The Morgan fingerprint density at radius 3 is 3.06 bits per heavy atom. The lowest BCUT2D eigenvalue weighted by Crippen LogP contribution is -2.42. The summed E-state index contributed by atoms with van der Waals surface area (Å²) in [6.45, 7) is 3.73. The molecule has 0 saturated carbocycles. The van der Waals surface area contributed by atoms with Crippen molar-refractivity contribution < 1.29 is 4.79 Å². The largest absolute Gasteiger partial charge is 0.351 e. The van der Waals surface area contributed by atoms with E-state index in [1.54, 1.807) is 11.3 Å². The normalized spacial score (nSPS) is 23.2. The second-order valence-electron chi connectivity index (χ2n) is 4.53. The Balaban J connectivity index is 0.00000162. The molecule has 1 aromatic rings. The van der Waals surface area contributed by atoms with Crippen molar-refractivity contribution in [1.82, 2.24) is 10.6 Å². The van der Waals surface area contributed by atoms with Gasteiger partial charge in [0.05, 0.1) is 6.54 Å². The highest BCUT2D eigenvalue weighted by Gasteiger charge is 2.24. The summed E-state index contributed by atoms with van der Waals surface area (Å²) in [5.74, 6) is 0.373. The molecule has 2 heterocycles. The van der Waals surface area contributed by atoms with Crippen LogP contribution in [0.2, 0.25) is 0 Å². The minimum Gasteiger partial charge on any atom is -0.351 e. The Bertz CT molecular complexity index is 399. The van der Waals surface area contributed by atoms with E-state index in [1.807, 2.05) is 5.38 Å². The average molecular weight is 354 g/mol. The van der Waals surface area contributed by atoms with Crippen molar-refractivity contribution in [2.75, 3.05) is 6.54 Å². The number of carbonyl (C=O) groups is 1. The molecule has 0 spiro atoms. The van der Waals surface area contributed by atoms with E-state index in [0.717, 1.165) is 23.9 Å². The predicted octanol–water partition coefficient (Wildman–Crippen LogP) is 2.94. The van der Waals surface area contributed by atoms with Crippen LogP contribution in [0.5, 0.6) is 0 Å². The molecule has 1 saturated heterocycles. The van der Waals surface area contributed by atoms with Crippen molar-refractivity contribution >= 4 is 45.6 Å². The van der Waals surface area contributed by atoms with E-state index >= 15 is 0 Å². The van der Waals surface area contributed by atoms with Crippen LogP contribution in [0.15, 0.2) is 15.9 Å². The van der Waals surface area contributed by atoms with Crippen molar-refractivity contribution in [3.8, 4) is 0 Å². The van der Waals surface area contributed by atoms with Gasteiger partial charge >= 0.3 is 0 Å². The van der Waals surface area contributed by atoms with E-state index in [0.29, 0.717) is 12.6 Å². The van der Waals surface area contributed by atoms with Gasteiger partial charge in [0, 0.05) is 26.7 Å².